The Balaban J connectivity index is 0.000000352. The first-order chi connectivity index (χ1) is 33.8. The van der Waals surface area contributed by atoms with E-state index in [0.29, 0.717) is 69.9 Å². The number of hydrogen-bond donors (Lipinski definition) is 4. The minimum Gasteiger partial charge on any atom is -0.507 e. The van der Waals surface area contributed by atoms with Crippen molar-refractivity contribution in [2.75, 3.05) is 96.4 Å². The van der Waals surface area contributed by atoms with Gasteiger partial charge < -0.3 is 38.6 Å². The monoisotopic (exact) mass is 1080 g/mol. The van der Waals surface area contributed by atoms with Gasteiger partial charge in [-0.25, -0.2) is 0 Å². The number of hydrogen-bond acceptors (Lipinski definition) is 16. The Labute approximate surface area is 423 Å². The number of carbonyl (C=O) groups is 8. The van der Waals surface area contributed by atoms with Crippen molar-refractivity contribution in [3.63, 3.8) is 0 Å². The highest BCUT2D eigenvalue weighted by Gasteiger charge is 2.47. The number of imide groups is 4. The molecule has 0 radical (unpaired) electrons. The van der Waals surface area contributed by atoms with Gasteiger partial charge in [-0.05, 0) is 37.1 Å². The molecule has 6 rings (SSSR count). The SMILES string of the molecule is C#CCBr.C#CCOCCOCCCl.C#CCOCCOCCOc1cccc2c1C(=O)N(C1CCC(=O)NC1=O)C2=O.O=C1CCC(N2C(=O)c3cccc(O)c3C2=O)C(=O)N1.OCCOCCCl. The van der Waals surface area contributed by atoms with Crippen molar-refractivity contribution in [1.29, 1.82) is 0 Å². The third kappa shape index (κ3) is 19.1. The molecular weight excluding hydrogens is 1030 g/mol. The lowest BCUT2D eigenvalue weighted by Crippen LogP contribution is -2.54. The number of piperidine rings is 2. The quantitative estimate of drug-likeness (QED) is 0.0640. The molecule has 4 aliphatic heterocycles. The number of rotatable bonds is 20. The molecule has 0 aromatic heterocycles. The largest absolute Gasteiger partial charge is 0.507 e. The van der Waals surface area contributed by atoms with E-state index in [1.165, 1.54) is 24.3 Å². The van der Waals surface area contributed by atoms with Crippen LogP contribution in [0.3, 0.4) is 0 Å². The second kappa shape index (κ2) is 34.4. The summed E-state index contributed by atoms with van der Waals surface area (Å²) in [7, 11) is 0. The van der Waals surface area contributed by atoms with Crippen molar-refractivity contribution < 1.29 is 77.0 Å². The molecule has 0 bridgehead atoms. The fourth-order valence-corrected chi connectivity index (χ4v) is 6.51. The maximum absolute atomic E-state index is 12.9. The molecule has 2 fully saturated rings. The summed E-state index contributed by atoms with van der Waals surface area (Å²) < 4.78 is 30.7. The van der Waals surface area contributed by atoms with Crippen LogP contribution in [0.25, 0.3) is 0 Å². The summed E-state index contributed by atoms with van der Waals surface area (Å²) in [5.74, 6) is 3.32. The van der Waals surface area contributed by atoms with Crippen molar-refractivity contribution in [3.8, 4) is 48.5 Å². The Kier molecular flexibility index (Phi) is 29.6. The number of ether oxygens (including phenoxy) is 6. The van der Waals surface area contributed by atoms with Crippen LogP contribution in [-0.2, 0) is 42.9 Å². The molecular formula is C47H53BrCl2N4O16. The van der Waals surface area contributed by atoms with Crippen LogP contribution in [0.2, 0.25) is 0 Å². The Morgan fingerprint density at radius 2 is 1.03 bits per heavy atom. The van der Waals surface area contributed by atoms with Crippen LogP contribution in [0.5, 0.6) is 11.5 Å². The normalized spacial score (nSPS) is 16.5. The smallest absolute Gasteiger partial charge is 0.266 e. The van der Waals surface area contributed by atoms with Gasteiger partial charge in [-0.3, -0.25) is 58.8 Å². The lowest BCUT2D eigenvalue weighted by atomic mass is 10.0. The Hall–Kier alpha value is -5.90. The molecule has 23 heteroatoms. The first-order valence-corrected chi connectivity index (χ1v) is 23.5. The minimum atomic E-state index is -1.01. The van der Waals surface area contributed by atoms with Gasteiger partial charge in [-0.15, -0.1) is 42.5 Å². The third-order valence-corrected chi connectivity index (χ3v) is 9.86. The van der Waals surface area contributed by atoms with E-state index >= 15 is 0 Å². The summed E-state index contributed by atoms with van der Waals surface area (Å²) in [6.45, 7) is 4.37. The zero-order valence-corrected chi connectivity index (χ0v) is 41.0. The molecule has 2 aromatic carbocycles. The van der Waals surface area contributed by atoms with Crippen LogP contribution in [0.1, 0.15) is 67.1 Å². The van der Waals surface area contributed by atoms with E-state index < -0.39 is 59.3 Å². The van der Waals surface area contributed by atoms with E-state index in [2.05, 4.69) is 44.3 Å². The number of aromatic hydroxyl groups is 1. The number of nitrogens with zero attached hydrogens (tertiary/aromatic N) is 2. The van der Waals surface area contributed by atoms with Gasteiger partial charge in [-0.1, -0.05) is 45.8 Å². The van der Waals surface area contributed by atoms with Crippen molar-refractivity contribution in [2.24, 2.45) is 0 Å². The van der Waals surface area contributed by atoms with E-state index in [-0.39, 0.29) is 85.9 Å². The predicted molar refractivity (Wildman–Crippen MR) is 256 cm³/mol. The zero-order chi connectivity index (χ0) is 51.8. The number of fused-ring (bicyclic) bond motifs is 2. The van der Waals surface area contributed by atoms with Crippen LogP contribution >= 0.6 is 39.1 Å². The second-order valence-corrected chi connectivity index (χ2v) is 15.2. The van der Waals surface area contributed by atoms with Crippen molar-refractivity contribution in [3.05, 3.63) is 58.7 Å². The molecule has 0 spiro atoms. The van der Waals surface area contributed by atoms with E-state index in [4.69, 9.17) is 76.0 Å². The van der Waals surface area contributed by atoms with Crippen LogP contribution in [-0.4, -0.2) is 176 Å². The van der Waals surface area contributed by atoms with Gasteiger partial charge in [0.1, 0.15) is 43.4 Å². The summed E-state index contributed by atoms with van der Waals surface area (Å²) in [4.78, 5) is 98.1. The number of halogens is 3. The summed E-state index contributed by atoms with van der Waals surface area (Å²) >= 11 is 13.6. The van der Waals surface area contributed by atoms with Gasteiger partial charge in [-0.2, -0.15) is 0 Å². The number of carbonyl (C=O) groups excluding carboxylic acids is 8. The number of terminal acetylenes is 3. The molecule has 70 heavy (non-hydrogen) atoms. The second-order valence-electron chi connectivity index (χ2n) is 13.9. The maximum atomic E-state index is 12.9. The lowest BCUT2D eigenvalue weighted by Gasteiger charge is -2.27. The molecule has 378 valence electrons. The molecule has 8 amide bonds. The fraction of sp³-hybridized carbons (Fsp3) is 0.447. The number of amides is 8. The lowest BCUT2D eigenvalue weighted by molar-refractivity contribution is -0.137. The number of nitrogens with one attached hydrogen (secondary N) is 2. The molecule has 4 heterocycles. The van der Waals surface area contributed by atoms with Crippen molar-refractivity contribution >= 4 is 86.4 Å². The minimum absolute atomic E-state index is 0.0650. The van der Waals surface area contributed by atoms with Crippen LogP contribution in [0, 0.1) is 37.0 Å². The Bertz CT molecular complexity index is 2240. The average Bonchev–Trinajstić information content (AvgIpc) is 3.76. The average molecular weight is 1080 g/mol. The van der Waals surface area contributed by atoms with E-state index in [0.717, 1.165) is 9.80 Å². The number of benzene rings is 2. The molecule has 4 N–H and O–H groups in total. The van der Waals surface area contributed by atoms with Gasteiger partial charge in [0.25, 0.3) is 23.6 Å². The van der Waals surface area contributed by atoms with E-state index in [9.17, 15) is 43.5 Å². The number of alkyl halides is 3. The highest BCUT2D eigenvalue weighted by molar-refractivity contribution is 9.09. The predicted octanol–water partition coefficient (Wildman–Crippen LogP) is 2.07. The van der Waals surface area contributed by atoms with Crippen molar-refractivity contribution in [1.82, 2.24) is 20.4 Å². The molecule has 2 saturated heterocycles. The molecule has 2 unspecified atom stereocenters. The Morgan fingerprint density at radius 3 is 1.47 bits per heavy atom. The standard InChI is InChI=1S/C20H20N2O7.C13H10N2O5.C7H11ClO2.C4H9ClO2.C3H3Br/c1-2-8-27-9-10-28-11-12-29-15-5-3-4-13-17(15)20(26)22(19(13)25)14-6-7-16(23)21-18(14)24;16-8-3-1-2-6-10(8)13(20)15(12(6)19)7-4-5-9(17)14-11(7)18;1-2-4-9-6-7-10-5-3-8;5-1-3-7-4-2-6;1-2-3-4/h1,3-5,14H,6-12H2,(H,21,23,24);1-3,7,16H,4-5H2,(H,14,17,18);1H,3-7H2;6H,1-4H2;1H,3H2. The number of aliphatic hydroxyl groups excluding tert-OH is 1. The third-order valence-electron chi connectivity index (χ3n) is 9.23. The summed E-state index contributed by atoms with van der Waals surface area (Å²) in [6, 6.07) is 6.83. The first kappa shape index (κ1) is 60.2. The van der Waals surface area contributed by atoms with Crippen molar-refractivity contribution in [2.45, 2.75) is 37.8 Å². The number of phenols is 1. The summed E-state index contributed by atoms with van der Waals surface area (Å²) in [5, 5.41) is 22.7. The zero-order valence-electron chi connectivity index (χ0n) is 37.9. The van der Waals surface area contributed by atoms with Crippen LogP contribution < -0.4 is 15.4 Å². The molecule has 0 aliphatic carbocycles. The van der Waals surface area contributed by atoms with Gasteiger partial charge in [0.05, 0.1) is 87.0 Å². The van der Waals surface area contributed by atoms with Gasteiger partial charge in [0, 0.05) is 24.6 Å². The molecule has 0 saturated carbocycles. The van der Waals surface area contributed by atoms with Crippen LogP contribution in [0.4, 0.5) is 0 Å². The van der Waals surface area contributed by atoms with Gasteiger partial charge >= 0.3 is 0 Å². The highest BCUT2D eigenvalue weighted by Crippen LogP contribution is 2.34. The van der Waals surface area contributed by atoms with E-state index in [1.807, 2.05) is 0 Å². The van der Waals surface area contributed by atoms with E-state index in [1.54, 1.807) is 12.1 Å². The maximum Gasteiger partial charge on any atom is 0.266 e. The molecule has 4 aliphatic rings. The molecule has 2 aromatic rings. The molecule has 2 atom stereocenters. The number of aliphatic hydroxyl groups is 1. The van der Waals surface area contributed by atoms with Crippen LogP contribution in [0.15, 0.2) is 36.4 Å². The highest BCUT2D eigenvalue weighted by atomic mass is 79.9. The van der Waals surface area contributed by atoms with Gasteiger partial charge in [0.15, 0.2) is 0 Å². The molecule has 20 nitrogen and oxygen atoms in total. The van der Waals surface area contributed by atoms with Gasteiger partial charge in [0.2, 0.25) is 23.6 Å². The summed E-state index contributed by atoms with van der Waals surface area (Å²) in [6.07, 6.45) is 15.1. The Morgan fingerprint density at radius 1 is 0.600 bits per heavy atom. The summed E-state index contributed by atoms with van der Waals surface area (Å²) in [5.41, 5.74) is 0.252. The fourth-order valence-electron chi connectivity index (χ4n) is 6.29. The topological polar surface area (TPSA) is 263 Å². The first-order valence-electron chi connectivity index (χ1n) is 21.3. The number of phenolic OH excluding ortho intramolecular Hbond substituents is 1.